The Hall–Kier alpha value is -4.34. The van der Waals surface area contributed by atoms with E-state index < -0.39 is 17.4 Å². The molecule has 1 amide bonds. The van der Waals surface area contributed by atoms with Crippen LogP contribution in [0.25, 0.3) is 16.9 Å². The van der Waals surface area contributed by atoms with Gasteiger partial charge in [-0.1, -0.05) is 29.5 Å². The van der Waals surface area contributed by atoms with Crippen LogP contribution in [0.1, 0.15) is 22.8 Å². The zero-order chi connectivity index (χ0) is 22.7. The first kappa shape index (κ1) is 20.9. The molecule has 4 aromatic rings. The maximum atomic E-state index is 12.8. The number of carbonyl (C=O) groups is 2. The number of rotatable bonds is 6. The molecule has 0 aliphatic heterocycles. The first-order valence-electron chi connectivity index (χ1n) is 9.92. The van der Waals surface area contributed by atoms with Crippen LogP contribution in [0.4, 0.5) is 5.69 Å². The number of hydrogen-bond acceptors (Lipinski definition) is 7. The zero-order valence-corrected chi connectivity index (χ0v) is 17.5. The largest absolute Gasteiger partial charge is 0.462 e. The second-order valence-corrected chi connectivity index (χ2v) is 7.00. The number of benzene rings is 2. The van der Waals surface area contributed by atoms with Gasteiger partial charge in [0.25, 0.3) is 5.56 Å². The SMILES string of the molecule is CCOC(=O)c1ccccc1NC(=O)Cn1cnc2c(nnn2-c2cccc(C)c2)c1=O. The molecule has 2 heterocycles. The Kier molecular flexibility index (Phi) is 5.75. The summed E-state index contributed by atoms with van der Waals surface area (Å²) in [5.41, 5.74) is 2.12. The Morgan fingerprint density at radius 3 is 2.72 bits per heavy atom. The molecule has 0 bridgehead atoms. The van der Waals surface area contributed by atoms with Crippen LogP contribution in [-0.4, -0.2) is 43.0 Å². The van der Waals surface area contributed by atoms with Crippen LogP contribution in [0.15, 0.2) is 59.7 Å². The summed E-state index contributed by atoms with van der Waals surface area (Å²) in [6.07, 6.45) is 1.27. The molecule has 1 N–H and O–H groups in total. The van der Waals surface area contributed by atoms with E-state index in [4.69, 9.17) is 4.74 Å². The number of carbonyl (C=O) groups excluding carboxylic acids is 2. The molecule has 32 heavy (non-hydrogen) atoms. The Morgan fingerprint density at radius 2 is 1.94 bits per heavy atom. The van der Waals surface area contributed by atoms with Crippen molar-refractivity contribution in [3.05, 3.63) is 76.3 Å². The van der Waals surface area contributed by atoms with E-state index in [0.717, 1.165) is 15.8 Å². The Balaban J connectivity index is 1.58. The second-order valence-electron chi connectivity index (χ2n) is 7.00. The summed E-state index contributed by atoms with van der Waals surface area (Å²) in [5, 5.41) is 10.6. The lowest BCUT2D eigenvalue weighted by molar-refractivity contribution is -0.116. The van der Waals surface area contributed by atoms with Crippen molar-refractivity contribution in [3.8, 4) is 5.69 Å². The van der Waals surface area contributed by atoms with Gasteiger partial charge in [0.2, 0.25) is 5.91 Å². The molecule has 0 spiro atoms. The highest BCUT2D eigenvalue weighted by molar-refractivity contribution is 6.01. The number of anilines is 1. The third-order valence-electron chi connectivity index (χ3n) is 4.69. The molecule has 0 unspecified atom stereocenters. The van der Waals surface area contributed by atoms with Gasteiger partial charge >= 0.3 is 5.97 Å². The highest BCUT2D eigenvalue weighted by Gasteiger charge is 2.17. The normalized spacial score (nSPS) is 10.8. The van der Waals surface area contributed by atoms with Gasteiger partial charge in [0.15, 0.2) is 11.2 Å². The molecular weight excluding hydrogens is 412 g/mol. The lowest BCUT2D eigenvalue weighted by atomic mass is 10.2. The molecule has 0 aliphatic carbocycles. The average Bonchev–Trinajstić information content (AvgIpc) is 3.21. The number of para-hydroxylation sites is 1. The van der Waals surface area contributed by atoms with Crippen molar-refractivity contribution in [1.82, 2.24) is 24.5 Å². The van der Waals surface area contributed by atoms with Gasteiger partial charge in [-0.05, 0) is 43.7 Å². The van der Waals surface area contributed by atoms with Gasteiger partial charge < -0.3 is 10.1 Å². The van der Waals surface area contributed by atoms with Crippen molar-refractivity contribution in [2.24, 2.45) is 0 Å². The number of ether oxygens (including phenoxy) is 1. The van der Waals surface area contributed by atoms with Crippen molar-refractivity contribution in [2.75, 3.05) is 11.9 Å². The fraction of sp³-hybridized carbons (Fsp3) is 0.182. The van der Waals surface area contributed by atoms with Gasteiger partial charge in [0, 0.05) is 0 Å². The number of nitrogens with zero attached hydrogens (tertiary/aromatic N) is 5. The van der Waals surface area contributed by atoms with E-state index in [-0.39, 0.29) is 24.2 Å². The first-order valence-corrected chi connectivity index (χ1v) is 9.92. The lowest BCUT2D eigenvalue weighted by Gasteiger charge is -2.11. The van der Waals surface area contributed by atoms with Crippen LogP contribution in [0.5, 0.6) is 0 Å². The molecule has 0 saturated heterocycles. The molecule has 0 saturated carbocycles. The highest BCUT2D eigenvalue weighted by atomic mass is 16.5. The summed E-state index contributed by atoms with van der Waals surface area (Å²) in [6.45, 7) is 3.55. The van der Waals surface area contributed by atoms with Gasteiger partial charge in [0.05, 0.1) is 23.5 Å². The molecule has 0 fully saturated rings. The van der Waals surface area contributed by atoms with Gasteiger partial charge in [-0.3, -0.25) is 14.2 Å². The number of amides is 1. The standard InChI is InChI=1S/C22H20N6O4/c1-3-32-22(31)16-9-4-5-10-17(16)24-18(29)12-27-13-23-20-19(21(27)30)25-26-28(20)15-8-6-7-14(2)11-15/h4-11,13H,3,12H2,1-2H3,(H,24,29). The van der Waals surface area contributed by atoms with Crippen molar-refractivity contribution in [2.45, 2.75) is 20.4 Å². The molecule has 0 atom stereocenters. The molecular formula is C22H20N6O4. The number of aryl methyl sites for hydroxylation is 1. The summed E-state index contributed by atoms with van der Waals surface area (Å²) < 4.78 is 7.62. The molecule has 2 aromatic carbocycles. The molecule has 0 radical (unpaired) electrons. The Bertz CT molecular complexity index is 1370. The van der Waals surface area contributed by atoms with E-state index in [2.05, 4.69) is 20.6 Å². The minimum atomic E-state index is -0.545. The fourth-order valence-electron chi connectivity index (χ4n) is 3.21. The van der Waals surface area contributed by atoms with Gasteiger partial charge in [-0.25, -0.2) is 9.78 Å². The van der Waals surface area contributed by atoms with Gasteiger partial charge in [-0.15, -0.1) is 5.10 Å². The summed E-state index contributed by atoms with van der Waals surface area (Å²) >= 11 is 0. The molecule has 162 valence electrons. The average molecular weight is 432 g/mol. The summed E-state index contributed by atoms with van der Waals surface area (Å²) in [7, 11) is 0. The van der Waals surface area contributed by atoms with Crippen LogP contribution in [0.2, 0.25) is 0 Å². The van der Waals surface area contributed by atoms with E-state index in [1.807, 2.05) is 31.2 Å². The van der Waals surface area contributed by atoms with E-state index in [0.29, 0.717) is 11.3 Å². The minimum Gasteiger partial charge on any atom is -0.462 e. The van der Waals surface area contributed by atoms with Crippen LogP contribution in [-0.2, 0) is 16.1 Å². The number of fused-ring (bicyclic) bond motifs is 1. The second kappa shape index (κ2) is 8.80. The van der Waals surface area contributed by atoms with Crippen molar-refractivity contribution in [1.29, 1.82) is 0 Å². The van der Waals surface area contributed by atoms with Gasteiger partial charge in [0.1, 0.15) is 12.9 Å². The van der Waals surface area contributed by atoms with E-state index in [1.54, 1.807) is 31.2 Å². The predicted octanol–water partition coefficient (Wildman–Crippen LogP) is 2.10. The number of hydrogen-bond donors (Lipinski definition) is 1. The first-order chi connectivity index (χ1) is 15.5. The van der Waals surface area contributed by atoms with Crippen LogP contribution in [0, 0.1) is 6.92 Å². The third kappa shape index (κ3) is 4.10. The van der Waals surface area contributed by atoms with Crippen LogP contribution < -0.4 is 10.9 Å². The van der Waals surface area contributed by atoms with Crippen molar-refractivity contribution in [3.63, 3.8) is 0 Å². The maximum absolute atomic E-state index is 12.8. The Labute approximate surface area is 182 Å². The topological polar surface area (TPSA) is 121 Å². The third-order valence-corrected chi connectivity index (χ3v) is 4.69. The quantitative estimate of drug-likeness (QED) is 0.463. The van der Waals surface area contributed by atoms with Crippen molar-refractivity contribution < 1.29 is 14.3 Å². The number of nitrogens with one attached hydrogen (secondary N) is 1. The highest BCUT2D eigenvalue weighted by Crippen LogP contribution is 2.17. The molecule has 2 aromatic heterocycles. The van der Waals surface area contributed by atoms with Crippen LogP contribution in [0.3, 0.4) is 0 Å². The monoisotopic (exact) mass is 432 g/mol. The van der Waals surface area contributed by atoms with Gasteiger partial charge in [-0.2, -0.15) is 4.68 Å². The summed E-state index contributed by atoms with van der Waals surface area (Å²) in [6, 6.07) is 14.0. The predicted molar refractivity (Wildman–Crippen MR) is 117 cm³/mol. The van der Waals surface area contributed by atoms with Crippen molar-refractivity contribution >= 4 is 28.7 Å². The molecule has 10 nitrogen and oxygen atoms in total. The number of esters is 1. The maximum Gasteiger partial charge on any atom is 0.340 e. The van der Waals surface area contributed by atoms with E-state index in [1.165, 1.54) is 11.0 Å². The molecule has 0 aliphatic rings. The fourth-order valence-corrected chi connectivity index (χ4v) is 3.21. The molecule has 10 heteroatoms. The summed E-state index contributed by atoms with van der Waals surface area (Å²) in [4.78, 5) is 41.8. The lowest BCUT2D eigenvalue weighted by Crippen LogP contribution is -2.28. The number of aromatic nitrogens is 5. The molecule has 4 rings (SSSR count). The van der Waals surface area contributed by atoms with E-state index in [9.17, 15) is 14.4 Å². The van der Waals surface area contributed by atoms with Crippen LogP contribution >= 0.6 is 0 Å². The zero-order valence-electron chi connectivity index (χ0n) is 17.5. The Morgan fingerprint density at radius 1 is 1.12 bits per heavy atom. The van der Waals surface area contributed by atoms with E-state index >= 15 is 0 Å². The smallest absolute Gasteiger partial charge is 0.340 e. The summed E-state index contributed by atoms with van der Waals surface area (Å²) in [5.74, 6) is -1.05. The minimum absolute atomic E-state index is 0.0497.